The van der Waals surface area contributed by atoms with Crippen molar-refractivity contribution in [1.29, 1.82) is 0 Å². The zero-order valence-electron chi connectivity index (χ0n) is 7.76. The fourth-order valence-electron chi connectivity index (χ4n) is 1.16. The zero-order chi connectivity index (χ0) is 9.19. The second-order valence-corrected chi connectivity index (χ2v) is 4.25. The lowest BCUT2D eigenvalue weighted by molar-refractivity contribution is 0.409. The standard InChI is InChI=1S/C10H14FN/c1-10(2,3)5-8-4-9(11)7-12-6-8/h4,6-7H,5H2,1-3H3. The van der Waals surface area contributed by atoms with Crippen LogP contribution in [0.2, 0.25) is 0 Å². The average molecular weight is 167 g/mol. The number of pyridine rings is 1. The van der Waals surface area contributed by atoms with Crippen molar-refractivity contribution in [2.24, 2.45) is 5.41 Å². The lowest BCUT2D eigenvalue weighted by Crippen LogP contribution is -2.09. The molecule has 0 spiro atoms. The van der Waals surface area contributed by atoms with E-state index < -0.39 is 0 Å². The highest BCUT2D eigenvalue weighted by Gasteiger charge is 2.11. The van der Waals surface area contributed by atoms with E-state index in [4.69, 9.17) is 0 Å². The Balaban J connectivity index is 2.77. The zero-order valence-corrected chi connectivity index (χ0v) is 7.76. The molecular formula is C10H14FN. The van der Waals surface area contributed by atoms with Crippen LogP contribution in [0.1, 0.15) is 26.3 Å². The van der Waals surface area contributed by atoms with Crippen LogP contribution in [-0.4, -0.2) is 4.98 Å². The van der Waals surface area contributed by atoms with Crippen LogP contribution in [0.5, 0.6) is 0 Å². The molecule has 1 aromatic heterocycles. The third kappa shape index (κ3) is 2.99. The molecule has 1 nitrogen and oxygen atoms in total. The van der Waals surface area contributed by atoms with Gasteiger partial charge in [0.05, 0.1) is 6.20 Å². The Morgan fingerprint density at radius 3 is 2.50 bits per heavy atom. The van der Waals surface area contributed by atoms with Gasteiger partial charge in [0.25, 0.3) is 0 Å². The molecule has 0 N–H and O–H groups in total. The summed E-state index contributed by atoms with van der Waals surface area (Å²) in [4.78, 5) is 3.79. The Morgan fingerprint density at radius 1 is 1.33 bits per heavy atom. The van der Waals surface area contributed by atoms with Crippen molar-refractivity contribution in [1.82, 2.24) is 4.98 Å². The number of rotatable bonds is 1. The van der Waals surface area contributed by atoms with Crippen molar-refractivity contribution in [2.45, 2.75) is 27.2 Å². The van der Waals surface area contributed by atoms with Gasteiger partial charge in [-0.05, 0) is 23.5 Å². The Kier molecular flexibility index (Phi) is 2.46. The lowest BCUT2D eigenvalue weighted by Gasteiger charge is -2.17. The van der Waals surface area contributed by atoms with Crippen LogP contribution < -0.4 is 0 Å². The molecule has 0 unspecified atom stereocenters. The molecule has 0 atom stereocenters. The van der Waals surface area contributed by atoms with Gasteiger partial charge in [0, 0.05) is 6.20 Å². The van der Waals surface area contributed by atoms with Gasteiger partial charge >= 0.3 is 0 Å². The molecule has 66 valence electrons. The highest BCUT2D eigenvalue weighted by molar-refractivity contribution is 5.11. The molecule has 1 rings (SSSR count). The minimum absolute atomic E-state index is 0.190. The molecule has 0 aliphatic heterocycles. The van der Waals surface area contributed by atoms with Crippen molar-refractivity contribution < 1.29 is 4.39 Å². The summed E-state index contributed by atoms with van der Waals surface area (Å²) in [7, 11) is 0. The first-order valence-corrected chi connectivity index (χ1v) is 4.07. The summed E-state index contributed by atoms with van der Waals surface area (Å²) in [6.45, 7) is 6.37. The van der Waals surface area contributed by atoms with E-state index in [0.29, 0.717) is 0 Å². The van der Waals surface area contributed by atoms with E-state index in [1.54, 1.807) is 6.20 Å². The summed E-state index contributed by atoms with van der Waals surface area (Å²) in [5.41, 5.74) is 1.15. The first-order chi connectivity index (χ1) is 5.47. The molecule has 0 radical (unpaired) electrons. The van der Waals surface area contributed by atoms with Gasteiger partial charge in [0.15, 0.2) is 0 Å². The summed E-state index contributed by atoms with van der Waals surface area (Å²) < 4.78 is 12.7. The van der Waals surface area contributed by atoms with Crippen LogP contribution in [0.4, 0.5) is 4.39 Å². The van der Waals surface area contributed by atoms with E-state index in [1.165, 1.54) is 12.3 Å². The number of aromatic nitrogens is 1. The van der Waals surface area contributed by atoms with Gasteiger partial charge in [0.2, 0.25) is 0 Å². The van der Waals surface area contributed by atoms with E-state index in [0.717, 1.165) is 12.0 Å². The lowest BCUT2D eigenvalue weighted by atomic mass is 9.89. The second kappa shape index (κ2) is 3.21. The average Bonchev–Trinajstić information content (AvgIpc) is 1.82. The number of halogens is 1. The van der Waals surface area contributed by atoms with Crippen LogP contribution in [0.15, 0.2) is 18.5 Å². The van der Waals surface area contributed by atoms with Crippen LogP contribution in [0.25, 0.3) is 0 Å². The Labute approximate surface area is 72.6 Å². The quantitative estimate of drug-likeness (QED) is 0.626. The minimum Gasteiger partial charge on any atom is -0.261 e. The third-order valence-electron chi connectivity index (χ3n) is 1.50. The van der Waals surface area contributed by atoms with E-state index in [9.17, 15) is 4.39 Å². The SMILES string of the molecule is CC(C)(C)Cc1cncc(F)c1. The van der Waals surface area contributed by atoms with Gasteiger partial charge in [0.1, 0.15) is 5.82 Å². The van der Waals surface area contributed by atoms with Crippen molar-refractivity contribution >= 4 is 0 Å². The first-order valence-electron chi connectivity index (χ1n) is 4.07. The van der Waals surface area contributed by atoms with Crippen molar-refractivity contribution in [2.75, 3.05) is 0 Å². The van der Waals surface area contributed by atoms with Gasteiger partial charge in [-0.1, -0.05) is 20.8 Å². The van der Waals surface area contributed by atoms with Gasteiger partial charge < -0.3 is 0 Å². The molecule has 0 aromatic carbocycles. The van der Waals surface area contributed by atoms with E-state index >= 15 is 0 Å². The maximum absolute atomic E-state index is 12.7. The van der Waals surface area contributed by atoms with E-state index in [2.05, 4.69) is 25.8 Å². The van der Waals surface area contributed by atoms with Crippen LogP contribution in [0, 0.1) is 11.2 Å². The predicted octanol–water partition coefficient (Wildman–Crippen LogP) is 2.81. The number of hydrogen-bond acceptors (Lipinski definition) is 1. The van der Waals surface area contributed by atoms with Crippen LogP contribution in [-0.2, 0) is 6.42 Å². The molecule has 0 aliphatic rings. The molecular weight excluding hydrogens is 153 g/mol. The third-order valence-corrected chi connectivity index (χ3v) is 1.50. The van der Waals surface area contributed by atoms with Gasteiger partial charge in [-0.15, -0.1) is 0 Å². The highest BCUT2D eigenvalue weighted by atomic mass is 19.1. The van der Waals surface area contributed by atoms with Crippen molar-refractivity contribution in [3.05, 3.63) is 29.8 Å². The highest BCUT2D eigenvalue weighted by Crippen LogP contribution is 2.19. The summed E-state index contributed by atoms with van der Waals surface area (Å²) in [5.74, 6) is -0.253. The molecule has 2 heteroatoms. The van der Waals surface area contributed by atoms with Crippen LogP contribution in [0.3, 0.4) is 0 Å². The van der Waals surface area contributed by atoms with Crippen molar-refractivity contribution in [3.63, 3.8) is 0 Å². The predicted molar refractivity (Wildman–Crippen MR) is 47.4 cm³/mol. The topological polar surface area (TPSA) is 12.9 Å². The van der Waals surface area contributed by atoms with Crippen LogP contribution >= 0.6 is 0 Å². The smallest absolute Gasteiger partial charge is 0.141 e. The molecule has 0 aliphatic carbocycles. The molecule has 0 amide bonds. The maximum Gasteiger partial charge on any atom is 0.141 e. The molecule has 0 saturated heterocycles. The molecule has 1 aromatic rings. The van der Waals surface area contributed by atoms with Gasteiger partial charge in [-0.25, -0.2) is 4.39 Å². The van der Waals surface area contributed by atoms with Crippen molar-refractivity contribution in [3.8, 4) is 0 Å². The minimum atomic E-state index is -0.253. The summed E-state index contributed by atoms with van der Waals surface area (Å²) in [6.07, 6.45) is 3.80. The number of nitrogens with zero attached hydrogens (tertiary/aromatic N) is 1. The summed E-state index contributed by atoms with van der Waals surface area (Å²) >= 11 is 0. The fraction of sp³-hybridized carbons (Fsp3) is 0.500. The maximum atomic E-state index is 12.7. The fourth-order valence-corrected chi connectivity index (χ4v) is 1.16. The monoisotopic (exact) mass is 167 g/mol. The Bertz CT molecular complexity index is 263. The molecule has 0 saturated carbocycles. The normalized spacial score (nSPS) is 11.7. The second-order valence-electron chi connectivity index (χ2n) is 4.25. The Morgan fingerprint density at radius 2 is 2.00 bits per heavy atom. The largest absolute Gasteiger partial charge is 0.261 e. The molecule has 0 bridgehead atoms. The molecule has 0 fully saturated rings. The van der Waals surface area contributed by atoms with E-state index in [1.807, 2.05) is 0 Å². The Hall–Kier alpha value is -0.920. The first kappa shape index (κ1) is 9.17. The molecule has 12 heavy (non-hydrogen) atoms. The van der Waals surface area contributed by atoms with E-state index in [-0.39, 0.29) is 11.2 Å². The number of hydrogen-bond donors (Lipinski definition) is 0. The summed E-state index contributed by atoms with van der Waals surface area (Å²) in [6, 6.07) is 1.54. The molecule has 1 heterocycles. The summed E-state index contributed by atoms with van der Waals surface area (Å²) in [5, 5.41) is 0. The van der Waals surface area contributed by atoms with Gasteiger partial charge in [-0.3, -0.25) is 4.98 Å². The van der Waals surface area contributed by atoms with Gasteiger partial charge in [-0.2, -0.15) is 0 Å².